The quantitative estimate of drug-likeness (QED) is 0.823. The number of ether oxygens (including phenoxy) is 1. The average molecular weight is 242 g/mol. The highest BCUT2D eigenvalue weighted by Gasteiger charge is 2.40. The van der Waals surface area contributed by atoms with Crippen molar-refractivity contribution in [2.75, 3.05) is 19.7 Å². The Hall–Kier alpha value is -0.770. The summed E-state index contributed by atoms with van der Waals surface area (Å²) in [7, 11) is 0. The van der Waals surface area contributed by atoms with Gasteiger partial charge >= 0.3 is 6.09 Å². The zero-order chi connectivity index (χ0) is 12.9. The first-order valence-corrected chi connectivity index (χ1v) is 6.74. The number of rotatable bonds is 4. The van der Waals surface area contributed by atoms with Gasteiger partial charge in [0.2, 0.25) is 0 Å². The number of nitrogens with zero attached hydrogens (tertiary/aromatic N) is 1. The molecule has 2 N–H and O–H groups in total. The van der Waals surface area contributed by atoms with Crippen molar-refractivity contribution in [3.05, 3.63) is 0 Å². The molecule has 17 heavy (non-hydrogen) atoms. The molecule has 100 valence electrons. The van der Waals surface area contributed by atoms with Gasteiger partial charge in [-0.25, -0.2) is 4.79 Å². The molecule has 1 rings (SSSR count). The third-order valence-corrected chi connectivity index (χ3v) is 3.96. The summed E-state index contributed by atoms with van der Waals surface area (Å²) < 4.78 is 5.13. The molecule has 0 saturated heterocycles. The van der Waals surface area contributed by atoms with Gasteiger partial charge in [-0.3, -0.25) is 0 Å². The Bertz CT molecular complexity index is 248. The Balaban J connectivity index is 2.78. The molecule has 0 aromatic heterocycles. The summed E-state index contributed by atoms with van der Waals surface area (Å²) in [5, 5.41) is 0. The van der Waals surface area contributed by atoms with Gasteiger partial charge < -0.3 is 15.4 Å². The van der Waals surface area contributed by atoms with Crippen molar-refractivity contribution < 1.29 is 9.53 Å². The molecule has 0 spiro atoms. The van der Waals surface area contributed by atoms with Crippen molar-refractivity contribution in [3.8, 4) is 0 Å². The molecule has 0 heterocycles. The third-order valence-electron chi connectivity index (χ3n) is 3.96. The number of hydrogen-bond donors (Lipinski definition) is 1. The number of likely N-dealkylation sites (N-methyl/N-ethyl adjacent to an activating group) is 1. The van der Waals surface area contributed by atoms with Gasteiger partial charge in [-0.15, -0.1) is 0 Å². The lowest BCUT2D eigenvalue weighted by Crippen LogP contribution is -2.57. The van der Waals surface area contributed by atoms with E-state index in [1.165, 1.54) is 0 Å². The summed E-state index contributed by atoms with van der Waals surface area (Å²) in [4.78, 5) is 13.8. The summed E-state index contributed by atoms with van der Waals surface area (Å²) in [6.07, 6.45) is 4.07. The SMILES string of the molecule is CCOC(=O)N(CC)C1(CN)CCC(C)CC1. The zero-order valence-corrected chi connectivity index (χ0v) is 11.4. The van der Waals surface area contributed by atoms with Gasteiger partial charge in [0, 0.05) is 13.1 Å². The first kappa shape index (κ1) is 14.3. The molecule has 0 radical (unpaired) electrons. The molecular weight excluding hydrogens is 216 g/mol. The van der Waals surface area contributed by atoms with Crippen LogP contribution in [0.2, 0.25) is 0 Å². The van der Waals surface area contributed by atoms with Crippen LogP contribution in [0.15, 0.2) is 0 Å². The van der Waals surface area contributed by atoms with Crippen LogP contribution in [0.25, 0.3) is 0 Å². The fourth-order valence-electron chi connectivity index (χ4n) is 2.74. The van der Waals surface area contributed by atoms with E-state index in [0.29, 0.717) is 19.7 Å². The number of carbonyl (C=O) groups excluding carboxylic acids is 1. The largest absolute Gasteiger partial charge is 0.450 e. The van der Waals surface area contributed by atoms with E-state index in [0.717, 1.165) is 31.6 Å². The van der Waals surface area contributed by atoms with Gasteiger partial charge in [0.05, 0.1) is 12.1 Å². The van der Waals surface area contributed by atoms with Crippen molar-refractivity contribution in [2.24, 2.45) is 11.7 Å². The van der Waals surface area contributed by atoms with Gasteiger partial charge in [0.1, 0.15) is 0 Å². The van der Waals surface area contributed by atoms with Crippen LogP contribution in [0, 0.1) is 5.92 Å². The first-order chi connectivity index (χ1) is 8.09. The van der Waals surface area contributed by atoms with Gasteiger partial charge in [-0.2, -0.15) is 0 Å². The van der Waals surface area contributed by atoms with Gasteiger partial charge in [-0.1, -0.05) is 6.92 Å². The molecule has 0 bridgehead atoms. The highest BCUT2D eigenvalue weighted by molar-refractivity contribution is 5.68. The van der Waals surface area contributed by atoms with Crippen molar-refractivity contribution in [1.82, 2.24) is 4.90 Å². The van der Waals surface area contributed by atoms with Crippen molar-refractivity contribution in [1.29, 1.82) is 0 Å². The smallest absolute Gasteiger partial charge is 0.410 e. The second-order valence-electron chi connectivity index (χ2n) is 5.05. The second kappa shape index (κ2) is 6.24. The standard InChI is InChI=1S/C13H26N2O2/c1-4-15(12(16)17-5-2)13(10-14)8-6-11(3)7-9-13/h11H,4-10,14H2,1-3H3. The summed E-state index contributed by atoms with van der Waals surface area (Å²) in [6.45, 7) is 7.72. The first-order valence-electron chi connectivity index (χ1n) is 6.74. The van der Waals surface area contributed by atoms with E-state index in [-0.39, 0.29) is 11.6 Å². The van der Waals surface area contributed by atoms with Crippen molar-refractivity contribution in [3.63, 3.8) is 0 Å². The van der Waals surface area contributed by atoms with E-state index in [4.69, 9.17) is 10.5 Å². The Morgan fingerprint density at radius 3 is 2.41 bits per heavy atom. The van der Waals surface area contributed by atoms with E-state index in [1.54, 1.807) is 0 Å². The maximum Gasteiger partial charge on any atom is 0.410 e. The number of hydrogen-bond acceptors (Lipinski definition) is 3. The highest BCUT2D eigenvalue weighted by Crippen LogP contribution is 2.36. The van der Waals surface area contributed by atoms with Crippen LogP contribution in [0.4, 0.5) is 4.79 Å². The Morgan fingerprint density at radius 2 is 2.00 bits per heavy atom. The molecule has 1 aliphatic carbocycles. The van der Waals surface area contributed by atoms with Gasteiger partial charge in [0.25, 0.3) is 0 Å². The fourth-order valence-corrected chi connectivity index (χ4v) is 2.74. The molecule has 1 saturated carbocycles. The van der Waals surface area contributed by atoms with E-state index in [2.05, 4.69) is 6.92 Å². The van der Waals surface area contributed by atoms with E-state index in [9.17, 15) is 4.79 Å². The number of nitrogens with two attached hydrogens (primary N) is 1. The summed E-state index contributed by atoms with van der Waals surface area (Å²) in [5.74, 6) is 0.746. The predicted molar refractivity (Wildman–Crippen MR) is 68.8 cm³/mol. The van der Waals surface area contributed by atoms with Gasteiger partial charge in [-0.05, 0) is 45.4 Å². The van der Waals surface area contributed by atoms with Gasteiger partial charge in [0.15, 0.2) is 0 Å². The Labute approximate surface area is 104 Å². The van der Waals surface area contributed by atoms with Crippen LogP contribution in [0.5, 0.6) is 0 Å². The fraction of sp³-hybridized carbons (Fsp3) is 0.923. The average Bonchev–Trinajstić information content (AvgIpc) is 2.33. The minimum absolute atomic E-state index is 0.173. The monoisotopic (exact) mass is 242 g/mol. The maximum absolute atomic E-state index is 12.0. The van der Waals surface area contributed by atoms with Crippen LogP contribution >= 0.6 is 0 Å². The summed E-state index contributed by atoms with van der Waals surface area (Å²) in [5.41, 5.74) is 5.77. The zero-order valence-electron chi connectivity index (χ0n) is 11.4. The summed E-state index contributed by atoms with van der Waals surface area (Å²) >= 11 is 0. The molecule has 1 aliphatic rings. The predicted octanol–water partition coefficient (Wildman–Crippen LogP) is 2.37. The van der Waals surface area contributed by atoms with Crippen molar-refractivity contribution >= 4 is 6.09 Å². The molecule has 4 nitrogen and oxygen atoms in total. The van der Waals surface area contributed by atoms with E-state index in [1.807, 2.05) is 18.7 Å². The lowest BCUT2D eigenvalue weighted by atomic mass is 9.76. The molecule has 0 unspecified atom stereocenters. The van der Waals surface area contributed by atoms with Crippen LogP contribution in [-0.4, -0.2) is 36.2 Å². The minimum Gasteiger partial charge on any atom is -0.450 e. The molecule has 0 aliphatic heterocycles. The minimum atomic E-state index is -0.213. The molecule has 1 amide bonds. The lowest BCUT2D eigenvalue weighted by molar-refractivity contribution is 0.0317. The molecule has 0 aromatic rings. The topological polar surface area (TPSA) is 55.6 Å². The highest BCUT2D eigenvalue weighted by atomic mass is 16.6. The van der Waals surface area contributed by atoms with E-state index < -0.39 is 0 Å². The molecular formula is C13H26N2O2. The van der Waals surface area contributed by atoms with E-state index >= 15 is 0 Å². The molecule has 0 aromatic carbocycles. The van der Waals surface area contributed by atoms with Crippen molar-refractivity contribution in [2.45, 2.75) is 52.0 Å². The second-order valence-corrected chi connectivity index (χ2v) is 5.05. The third kappa shape index (κ3) is 3.12. The van der Waals surface area contributed by atoms with Crippen LogP contribution in [0.1, 0.15) is 46.5 Å². The molecule has 1 fully saturated rings. The lowest BCUT2D eigenvalue weighted by Gasteiger charge is -2.46. The summed E-state index contributed by atoms with van der Waals surface area (Å²) in [6, 6.07) is 0. The van der Waals surface area contributed by atoms with Crippen LogP contribution < -0.4 is 5.73 Å². The normalized spacial score (nSPS) is 28.8. The molecule has 4 heteroatoms. The Kier molecular flexibility index (Phi) is 5.25. The van der Waals surface area contributed by atoms with Crippen LogP contribution in [0.3, 0.4) is 0 Å². The maximum atomic E-state index is 12.0. The number of carbonyl (C=O) groups is 1. The Morgan fingerprint density at radius 1 is 1.41 bits per heavy atom. The number of amides is 1. The molecule has 0 atom stereocenters. The van der Waals surface area contributed by atoms with Crippen LogP contribution in [-0.2, 0) is 4.74 Å².